The number of nitrogens with two attached hydrogens (primary N) is 2. The average molecular weight is 410 g/mol. The third-order valence-corrected chi connectivity index (χ3v) is 5.16. The molecule has 5 N–H and O–H groups in total. The molecule has 7 heteroatoms. The van der Waals surface area contributed by atoms with Crippen molar-refractivity contribution in [2.45, 2.75) is 32.7 Å². The fourth-order valence-corrected chi connectivity index (χ4v) is 3.75. The van der Waals surface area contributed by atoms with E-state index in [2.05, 4.69) is 9.98 Å². The van der Waals surface area contributed by atoms with Gasteiger partial charge < -0.3 is 21.4 Å². The minimum absolute atomic E-state index is 0.105. The number of unbranched alkanes of at least 4 members (excludes halogenated alkanes) is 2. The number of hydrogen-bond donors (Lipinski definition) is 3. The van der Waals surface area contributed by atoms with Crippen LogP contribution >= 0.6 is 0 Å². The normalized spacial score (nSPS) is 10.9. The summed E-state index contributed by atoms with van der Waals surface area (Å²) in [5, 5.41) is 0.845. The van der Waals surface area contributed by atoms with Crippen LogP contribution in [-0.4, -0.2) is 35.3 Å². The number of nitrogens with zero attached hydrogens (tertiary/aromatic N) is 2. The lowest BCUT2D eigenvalue weighted by atomic mass is 9.96. The Kier molecular flexibility index (Phi) is 7.06. The molecule has 0 saturated carbocycles. The molecule has 158 valence electrons. The van der Waals surface area contributed by atoms with Crippen molar-refractivity contribution in [3.05, 3.63) is 59.5 Å². The molecule has 3 rings (SSSR count). The Balaban J connectivity index is 1.75. The van der Waals surface area contributed by atoms with Crippen molar-refractivity contribution < 1.29 is 9.18 Å². The second-order valence-electron chi connectivity index (χ2n) is 7.42. The van der Waals surface area contributed by atoms with Crippen LogP contribution in [0.15, 0.2) is 47.5 Å². The first kappa shape index (κ1) is 21.4. The van der Waals surface area contributed by atoms with Crippen LogP contribution in [0.5, 0.6) is 0 Å². The summed E-state index contributed by atoms with van der Waals surface area (Å²) in [5.41, 5.74) is 15.5. The highest BCUT2D eigenvalue weighted by molar-refractivity contribution is 5.98. The van der Waals surface area contributed by atoms with Crippen LogP contribution in [0.1, 0.15) is 30.5 Å². The van der Waals surface area contributed by atoms with E-state index in [-0.39, 0.29) is 11.8 Å². The van der Waals surface area contributed by atoms with E-state index in [9.17, 15) is 9.18 Å². The van der Waals surface area contributed by atoms with Crippen LogP contribution in [0.2, 0.25) is 0 Å². The minimum atomic E-state index is -0.268. The number of rotatable bonds is 10. The predicted octanol–water partition coefficient (Wildman–Crippen LogP) is 3.68. The van der Waals surface area contributed by atoms with Gasteiger partial charge in [0.2, 0.25) is 6.41 Å². The molecule has 0 spiro atoms. The van der Waals surface area contributed by atoms with Crippen molar-refractivity contribution in [2.24, 2.45) is 16.5 Å². The molecular weight excluding hydrogens is 381 g/mol. The van der Waals surface area contributed by atoms with Crippen molar-refractivity contribution in [3.8, 4) is 11.1 Å². The Morgan fingerprint density at radius 3 is 2.73 bits per heavy atom. The maximum atomic E-state index is 13.9. The number of aryl methyl sites for hydroxylation is 1. The Hall–Kier alpha value is -3.35. The Labute approximate surface area is 175 Å². The molecule has 0 aliphatic rings. The van der Waals surface area contributed by atoms with Crippen LogP contribution in [-0.2, 0) is 11.3 Å². The van der Waals surface area contributed by atoms with Crippen LogP contribution in [0.25, 0.3) is 22.0 Å². The van der Waals surface area contributed by atoms with Crippen molar-refractivity contribution >= 4 is 23.3 Å². The Bertz CT molecular complexity index is 1040. The molecule has 0 aliphatic carbocycles. The van der Waals surface area contributed by atoms with Crippen molar-refractivity contribution in [1.82, 2.24) is 9.88 Å². The number of carbonyl (C=O) groups excluding carboxylic acids is 1. The summed E-state index contributed by atoms with van der Waals surface area (Å²) in [7, 11) is 0. The number of benzene rings is 2. The Morgan fingerprint density at radius 2 is 1.97 bits per heavy atom. The van der Waals surface area contributed by atoms with Gasteiger partial charge >= 0.3 is 0 Å². The summed E-state index contributed by atoms with van der Waals surface area (Å²) in [4.78, 5) is 20.7. The fraction of sp³-hybridized carbons (Fsp3) is 0.304. The van der Waals surface area contributed by atoms with Gasteiger partial charge in [-0.15, -0.1) is 0 Å². The van der Waals surface area contributed by atoms with Gasteiger partial charge in [-0.05, 0) is 55.5 Å². The molecular formula is C23H28FN5O. The van der Waals surface area contributed by atoms with Crippen LogP contribution in [0, 0.1) is 12.7 Å². The highest BCUT2D eigenvalue weighted by Gasteiger charge is 2.15. The topological polar surface area (TPSA) is 100 Å². The number of H-pyrrole nitrogens is 1. The van der Waals surface area contributed by atoms with Crippen molar-refractivity contribution in [1.29, 1.82) is 0 Å². The predicted molar refractivity (Wildman–Crippen MR) is 119 cm³/mol. The second kappa shape index (κ2) is 9.91. The average Bonchev–Trinajstić information content (AvgIpc) is 3.04. The quantitative estimate of drug-likeness (QED) is 0.206. The molecule has 0 atom stereocenters. The van der Waals surface area contributed by atoms with E-state index in [0.29, 0.717) is 19.6 Å². The molecule has 1 amide bonds. The number of fused-ring (bicyclic) bond motifs is 1. The van der Waals surface area contributed by atoms with Gasteiger partial charge in [-0.25, -0.2) is 4.39 Å². The molecule has 6 nitrogen and oxygen atoms in total. The van der Waals surface area contributed by atoms with E-state index in [0.717, 1.165) is 59.0 Å². The number of nitrogens with one attached hydrogen (secondary N) is 1. The minimum Gasteiger partial charge on any atom is -0.370 e. The van der Waals surface area contributed by atoms with Gasteiger partial charge in [0.15, 0.2) is 5.96 Å². The van der Waals surface area contributed by atoms with Gasteiger partial charge in [0.1, 0.15) is 5.82 Å². The molecule has 0 fully saturated rings. The number of carbonyl (C=O) groups is 1. The molecule has 0 bridgehead atoms. The highest BCUT2D eigenvalue weighted by atomic mass is 19.1. The maximum absolute atomic E-state index is 13.9. The summed E-state index contributed by atoms with van der Waals surface area (Å²) in [6, 6.07) is 12.7. The number of amides is 1. The fourth-order valence-electron chi connectivity index (χ4n) is 3.75. The molecule has 1 aromatic heterocycles. The smallest absolute Gasteiger partial charge is 0.210 e. The van der Waals surface area contributed by atoms with Gasteiger partial charge in [-0.1, -0.05) is 24.3 Å². The first-order valence-electron chi connectivity index (χ1n) is 10.1. The first-order valence-corrected chi connectivity index (χ1v) is 10.1. The molecule has 0 unspecified atom stereocenters. The molecule has 30 heavy (non-hydrogen) atoms. The third-order valence-electron chi connectivity index (χ3n) is 5.16. The van der Waals surface area contributed by atoms with Gasteiger partial charge in [-0.3, -0.25) is 9.79 Å². The van der Waals surface area contributed by atoms with Crippen LogP contribution in [0.4, 0.5) is 4.39 Å². The zero-order chi connectivity index (χ0) is 21.5. The lowest BCUT2D eigenvalue weighted by Gasteiger charge is -2.19. The third kappa shape index (κ3) is 5.17. The standard InChI is InChI=1S/C23H28FN5O/c1-16-22(20-13-18(24)9-10-21(20)28-16)19-8-4-3-7-17(19)14-29(15-30)12-6-2-5-11-27-23(25)26/h3-4,7-10,13,15,28H,2,5-6,11-12,14H2,1H3,(H4,25,26,27). The number of halogens is 1. The molecule has 1 heterocycles. The molecule has 0 saturated heterocycles. The van der Waals surface area contributed by atoms with Crippen LogP contribution < -0.4 is 11.5 Å². The summed E-state index contributed by atoms with van der Waals surface area (Å²) in [6.45, 7) is 3.73. The van der Waals surface area contributed by atoms with Crippen molar-refractivity contribution in [2.75, 3.05) is 13.1 Å². The molecule has 0 radical (unpaired) electrons. The highest BCUT2D eigenvalue weighted by Crippen LogP contribution is 2.35. The maximum Gasteiger partial charge on any atom is 0.210 e. The van der Waals surface area contributed by atoms with E-state index in [4.69, 9.17) is 11.5 Å². The van der Waals surface area contributed by atoms with Crippen LogP contribution in [0.3, 0.4) is 0 Å². The number of aliphatic imine (C=N–C) groups is 1. The number of guanidine groups is 1. The second-order valence-corrected chi connectivity index (χ2v) is 7.42. The van der Waals surface area contributed by atoms with Gasteiger partial charge in [0, 0.05) is 41.8 Å². The zero-order valence-electron chi connectivity index (χ0n) is 17.2. The van der Waals surface area contributed by atoms with Gasteiger partial charge in [0.05, 0.1) is 0 Å². The first-order chi connectivity index (χ1) is 14.5. The van der Waals surface area contributed by atoms with E-state index >= 15 is 0 Å². The zero-order valence-corrected chi connectivity index (χ0v) is 17.2. The summed E-state index contributed by atoms with van der Waals surface area (Å²) >= 11 is 0. The van der Waals surface area contributed by atoms with E-state index in [1.807, 2.05) is 31.2 Å². The SMILES string of the molecule is Cc1[nH]c2ccc(F)cc2c1-c1ccccc1CN(C=O)CCCCCN=C(N)N. The monoisotopic (exact) mass is 409 g/mol. The largest absolute Gasteiger partial charge is 0.370 e. The van der Waals surface area contributed by atoms with Gasteiger partial charge in [-0.2, -0.15) is 0 Å². The summed E-state index contributed by atoms with van der Waals surface area (Å²) in [6.07, 6.45) is 3.57. The lowest BCUT2D eigenvalue weighted by molar-refractivity contribution is -0.118. The van der Waals surface area contributed by atoms with E-state index < -0.39 is 0 Å². The Morgan fingerprint density at radius 1 is 1.17 bits per heavy atom. The lowest BCUT2D eigenvalue weighted by Crippen LogP contribution is -2.23. The molecule has 3 aromatic rings. The molecule has 0 aliphatic heterocycles. The van der Waals surface area contributed by atoms with Gasteiger partial charge in [0.25, 0.3) is 0 Å². The van der Waals surface area contributed by atoms with E-state index in [1.54, 1.807) is 17.0 Å². The van der Waals surface area contributed by atoms with Crippen molar-refractivity contribution in [3.63, 3.8) is 0 Å². The van der Waals surface area contributed by atoms with E-state index in [1.165, 1.54) is 6.07 Å². The number of aromatic amines is 1. The number of hydrogen-bond acceptors (Lipinski definition) is 2. The summed E-state index contributed by atoms with van der Waals surface area (Å²) < 4.78 is 13.9. The summed E-state index contributed by atoms with van der Waals surface area (Å²) in [5.74, 6) is -0.163. The number of aromatic nitrogens is 1. The molecule has 2 aromatic carbocycles.